The predicted octanol–water partition coefficient (Wildman–Crippen LogP) is 1.52. The van der Waals surface area contributed by atoms with E-state index in [1.165, 1.54) is 0 Å². The maximum atomic E-state index is 11.6. The van der Waals surface area contributed by atoms with Crippen molar-refractivity contribution < 1.29 is 18.4 Å². The summed E-state index contributed by atoms with van der Waals surface area (Å²) in [4.78, 5) is 24.1. The van der Waals surface area contributed by atoms with Gasteiger partial charge in [-0.2, -0.15) is 0 Å². The second-order valence-corrected chi connectivity index (χ2v) is 4.33. The van der Waals surface area contributed by atoms with Crippen LogP contribution in [0.25, 0.3) is 0 Å². The van der Waals surface area contributed by atoms with Crippen LogP contribution in [0.4, 0.5) is 4.79 Å². The highest BCUT2D eigenvalue weighted by Crippen LogP contribution is 2.16. The zero-order chi connectivity index (χ0) is 12.4. The van der Waals surface area contributed by atoms with Gasteiger partial charge in [0.2, 0.25) is 0 Å². The van der Waals surface area contributed by atoms with Gasteiger partial charge in [0.05, 0.1) is 0 Å². The van der Waals surface area contributed by atoms with Crippen molar-refractivity contribution in [2.75, 3.05) is 13.1 Å². The molecule has 0 bridgehead atoms. The Morgan fingerprint density at radius 2 is 2.29 bits per heavy atom. The Morgan fingerprint density at radius 1 is 1.53 bits per heavy atom. The Bertz CT molecular complexity index is 461. The molecular weight excluding hydrogens is 226 g/mol. The number of amides is 1. The maximum absolute atomic E-state index is 11.6. The number of likely N-dealkylation sites (tertiary alicyclic amines) is 1. The predicted molar refractivity (Wildman–Crippen MR) is 57.5 cm³/mol. The summed E-state index contributed by atoms with van der Waals surface area (Å²) in [5, 5.41) is 0. The van der Waals surface area contributed by atoms with Crippen LogP contribution in [0.15, 0.2) is 13.6 Å². The lowest BCUT2D eigenvalue weighted by molar-refractivity contribution is 0.0958. The monoisotopic (exact) mass is 241 g/mol. The third-order valence-electron chi connectivity index (χ3n) is 2.84. The molecule has 6 heteroatoms. The van der Waals surface area contributed by atoms with Gasteiger partial charge in [-0.05, 0) is 19.3 Å². The summed E-state index contributed by atoms with van der Waals surface area (Å²) in [6.45, 7) is 5.04. The van der Waals surface area contributed by atoms with E-state index in [1.54, 1.807) is 11.8 Å². The quantitative estimate of drug-likeness (QED) is 0.784. The Morgan fingerprint density at radius 3 is 2.82 bits per heavy atom. The molecule has 0 radical (unpaired) electrons. The molecule has 0 saturated carbocycles. The number of nitrogens with zero attached hydrogens (tertiary/aromatic N) is 1. The SMILES string of the molecule is Cc1oc(=O)oc1COC(=O)N1CC[C@@H](C)C1. The molecule has 0 unspecified atom stereocenters. The van der Waals surface area contributed by atoms with Gasteiger partial charge in [-0.3, -0.25) is 0 Å². The first-order valence-corrected chi connectivity index (χ1v) is 5.57. The summed E-state index contributed by atoms with van der Waals surface area (Å²) in [7, 11) is 0. The maximum Gasteiger partial charge on any atom is 0.519 e. The average molecular weight is 241 g/mol. The smallest absolute Gasteiger partial charge is 0.441 e. The largest absolute Gasteiger partial charge is 0.519 e. The number of aryl methyl sites for hydroxylation is 1. The van der Waals surface area contributed by atoms with Gasteiger partial charge in [0.25, 0.3) is 0 Å². The molecule has 1 aromatic rings. The average Bonchev–Trinajstić information content (AvgIpc) is 2.82. The molecule has 1 aromatic heterocycles. The lowest BCUT2D eigenvalue weighted by Gasteiger charge is -2.14. The highest BCUT2D eigenvalue weighted by molar-refractivity contribution is 5.67. The molecule has 1 aliphatic heterocycles. The number of hydrogen-bond donors (Lipinski definition) is 0. The third kappa shape index (κ3) is 2.69. The molecule has 0 spiro atoms. The lowest BCUT2D eigenvalue weighted by atomic mass is 10.2. The second kappa shape index (κ2) is 4.65. The number of rotatable bonds is 2. The van der Waals surface area contributed by atoms with Gasteiger partial charge in [-0.25, -0.2) is 9.59 Å². The fourth-order valence-electron chi connectivity index (χ4n) is 1.83. The summed E-state index contributed by atoms with van der Waals surface area (Å²) in [5.74, 6) is 0.340. The molecule has 2 rings (SSSR count). The molecule has 94 valence electrons. The van der Waals surface area contributed by atoms with Crippen LogP contribution in [0.3, 0.4) is 0 Å². The fraction of sp³-hybridized carbons (Fsp3) is 0.636. The molecule has 1 fully saturated rings. The van der Waals surface area contributed by atoms with Gasteiger partial charge >= 0.3 is 11.9 Å². The normalized spacial score (nSPS) is 19.6. The minimum Gasteiger partial charge on any atom is -0.441 e. The standard InChI is InChI=1S/C11H15NO5/c1-7-3-4-12(5-7)10(13)15-6-9-8(2)16-11(14)17-9/h7H,3-6H2,1-2H3/t7-/m1/s1. The summed E-state index contributed by atoms with van der Waals surface area (Å²) >= 11 is 0. The van der Waals surface area contributed by atoms with Gasteiger partial charge < -0.3 is 18.5 Å². The van der Waals surface area contributed by atoms with Crippen molar-refractivity contribution in [3.63, 3.8) is 0 Å². The molecule has 0 aliphatic carbocycles. The highest BCUT2D eigenvalue weighted by Gasteiger charge is 2.24. The molecule has 1 aliphatic rings. The minimum absolute atomic E-state index is 0.0682. The highest BCUT2D eigenvalue weighted by atomic mass is 16.6. The van der Waals surface area contributed by atoms with Crippen molar-refractivity contribution in [1.29, 1.82) is 0 Å². The fourth-order valence-corrected chi connectivity index (χ4v) is 1.83. The third-order valence-corrected chi connectivity index (χ3v) is 2.84. The van der Waals surface area contributed by atoms with E-state index in [-0.39, 0.29) is 18.5 Å². The van der Waals surface area contributed by atoms with Gasteiger partial charge in [0.15, 0.2) is 18.1 Å². The van der Waals surface area contributed by atoms with Crippen LogP contribution in [-0.2, 0) is 11.3 Å². The number of carbonyl (C=O) groups is 1. The van der Waals surface area contributed by atoms with Crippen LogP contribution in [0.2, 0.25) is 0 Å². The van der Waals surface area contributed by atoms with Crippen LogP contribution >= 0.6 is 0 Å². The van der Waals surface area contributed by atoms with Crippen molar-refractivity contribution in [3.05, 3.63) is 22.1 Å². The number of ether oxygens (including phenoxy) is 1. The van der Waals surface area contributed by atoms with Gasteiger partial charge in [-0.15, -0.1) is 0 Å². The summed E-state index contributed by atoms with van der Waals surface area (Å²) in [5.41, 5.74) is 0. The van der Waals surface area contributed by atoms with E-state index >= 15 is 0 Å². The van der Waals surface area contributed by atoms with Crippen LogP contribution in [0.1, 0.15) is 24.9 Å². The zero-order valence-corrected chi connectivity index (χ0v) is 9.89. The number of hydrogen-bond acceptors (Lipinski definition) is 5. The molecule has 0 N–H and O–H groups in total. The van der Waals surface area contributed by atoms with Crippen LogP contribution in [-0.4, -0.2) is 24.1 Å². The summed E-state index contributed by atoms with van der Waals surface area (Å²) in [6.07, 6.45) is 0.618. The lowest BCUT2D eigenvalue weighted by Crippen LogP contribution is -2.29. The molecule has 1 atom stereocenters. The molecule has 17 heavy (non-hydrogen) atoms. The minimum atomic E-state index is -0.775. The summed E-state index contributed by atoms with van der Waals surface area (Å²) in [6, 6.07) is 0. The zero-order valence-electron chi connectivity index (χ0n) is 9.89. The van der Waals surface area contributed by atoms with E-state index < -0.39 is 5.82 Å². The Labute approximate surface area is 98.1 Å². The van der Waals surface area contributed by atoms with Crippen LogP contribution < -0.4 is 5.82 Å². The van der Waals surface area contributed by atoms with Crippen molar-refractivity contribution in [2.45, 2.75) is 26.9 Å². The Kier molecular flexibility index (Phi) is 3.21. The topological polar surface area (TPSA) is 72.9 Å². The van der Waals surface area contributed by atoms with E-state index in [9.17, 15) is 9.59 Å². The van der Waals surface area contributed by atoms with E-state index in [2.05, 4.69) is 11.3 Å². The van der Waals surface area contributed by atoms with E-state index in [0.717, 1.165) is 6.42 Å². The van der Waals surface area contributed by atoms with Crippen molar-refractivity contribution in [3.8, 4) is 0 Å². The first-order valence-electron chi connectivity index (χ1n) is 5.57. The molecule has 1 saturated heterocycles. The van der Waals surface area contributed by atoms with Gasteiger partial charge in [0.1, 0.15) is 0 Å². The second-order valence-electron chi connectivity index (χ2n) is 4.33. The van der Waals surface area contributed by atoms with Crippen molar-refractivity contribution in [2.24, 2.45) is 5.92 Å². The molecule has 1 amide bonds. The Balaban J connectivity index is 1.88. The molecule has 0 aromatic carbocycles. The number of carbonyl (C=O) groups excluding carboxylic acids is 1. The first kappa shape index (κ1) is 11.8. The first-order chi connectivity index (χ1) is 8.06. The molecular formula is C11H15NO5. The molecule has 2 heterocycles. The van der Waals surface area contributed by atoms with E-state index in [1.807, 2.05) is 0 Å². The summed E-state index contributed by atoms with van der Waals surface area (Å²) < 4.78 is 14.4. The van der Waals surface area contributed by atoms with Gasteiger partial charge in [0, 0.05) is 13.1 Å². The van der Waals surface area contributed by atoms with E-state index in [0.29, 0.717) is 24.8 Å². The van der Waals surface area contributed by atoms with E-state index in [4.69, 9.17) is 9.15 Å². The Hall–Kier alpha value is -1.72. The van der Waals surface area contributed by atoms with Crippen molar-refractivity contribution in [1.82, 2.24) is 4.90 Å². The van der Waals surface area contributed by atoms with Crippen LogP contribution in [0.5, 0.6) is 0 Å². The van der Waals surface area contributed by atoms with Gasteiger partial charge in [-0.1, -0.05) is 6.92 Å². The molecule has 6 nitrogen and oxygen atoms in total. The van der Waals surface area contributed by atoms with Crippen LogP contribution in [0, 0.1) is 12.8 Å². The van der Waals surface area contributed by atoms with Crippen molar-refractivity contribution >= 4 is 6.09 Å².